The van der Waals surface area contributed by atoms with Gasteiger partial charge in [-0.25, -0.2) is 4.98 Å². The Morgan fingerprint density at radius 3 is 2.72 bits per heavy atom. The molecule has 0 radical (unpaired) electrons. The number of halogens is 2. The van der Waals surface area contributed by atoms with E-state index in [2.05, 4.69) is 4.98 Å². The van der Waals surface area contributed by atoms with Crippen LogP contribution in [0.3, 0.4) is 0 Å². The Balaban J connectivity index is 2.22. The molecular weight excluding hydrogens is 271 g/mol. The number of fused-ring (bicyclic) bond motifs is 1. The Morgan fingerprint density at radius 2 is 1.89 bits per heavy atom. The Labute approximate surface area is 113 Å². The highest BCUT2D eigenvalue weighted by molar-refractivity contribution is 6.35. The molecule has 0 bridgehead atoms. The number of anilines is 1. The lowest BCUT2D eigenvalue weighted by molar-refractivity contribution is 0.620. The van der Waals surface area contributed by atoms with Crippen molar-refractivity contribution >= 4 is 40.0 Å². The fraction of sp³-hybridized carbons (Fsp3) is 0. The summed E-state index contributed by atoms with van der Waals surface area (Å²) in [7, 11) is 0. The lowest BCUT2D eigenvalue weighted by Crippen LogP contribution is -1.81. The molecule has 1 aromatic heterocycles. The molecule has 3 nitrogen and oxygen atoms in total. The van der Waals surface area contributed by atoms with Gasteiger partial charge in [-0.05, 0) is 30.3 Å². The molecule has 90 valence electrons. The minimum Gasteiger partial charge on any atom is -0.436 e. The van der Waals surface area contributed by atoms with Crippen molar-refractivity contribution in [1.29, 1.82) is 0 Å². The van der Waals surface area contributed by atoms with Gasteiger partial charge in [0.05, 0.1) is 10.6 Å². The number of benzene rings is 2. The summed E-state index contributed by atoms with van der Waals surface area (Å²) in [4.78, 5) is 4.36. The van der Waals surface area contributed by atoms with Crippen LogP contribution >= 0.6 is 23.2 Å². The third kappa shape index (κ3) is 1.92. The quantitative estimate of drug-likeness (QED) is 0.672. The van der Waals surface area contributed by atoms with Gasteiger partial charge in [0.25, 0.3) is 0 Å². The van der Waals surface area contributed by atoms with E-state index >= 15 is 0 Å². The maximum Gasteiger partial charge on any atom is 0.228 e. The number of aromatic nitrogens is 1. The van der Waals surface area contributed by atoms with Crippen LogP contribution in [-0.2, 0) is 0 Å². The van der Waals surface area contributed by atoms with Gasteiger partial charge in [0, 0.05) is 16.8 Å². The summed E-state index contributed by atoms with van der Waals surface area (Å²) in [6.07, 6.45) is 0. The van der Waals surface area contributed by atoms with Crippen LogP contribution in [0.15, 0.2) is 40.8 Å². The van der Waals surface area contributed by atoms with Crippen LogP contribution < -0.4 is 5.73 Å². The molecule has 0 saturated carbocycles. The number of nitrogens with two attached hydrogens (primary N) is 1. The van der Waals surface area contributed by atoms with Crippen LogP contribution in [0.4, 0.5) is 5.69 Å². The van der Waals surface area contributed by atoms with E-state index in [1.165, 1.54) is 0 Å². The number of hydrogen-bond donors (Lipinski definition) is 1. The summed E-state index contributed by atoms with van der Waals surface area (Å²) in [5.41, 5.74) is 8.34. The van der Waals surface area contributed by atoms with Crippen LogP contribution in [0, 0.1) is 0 Å². The molecule has 0 amide bonds. The molecule has 2 N–H and O–H groups in total. The van der Waals surface area contributed by atoms with E-state index in [1.807, 2.05) is 0 Å². The minimum atomic E-state index is 0.433. The molecule has 0 unspecified atom stereocenters. The zero-order chi connectivity index (χ0) is 12.7. The molecule has 5 heteroatoms. The van der Waals surface area contributed by atoms with Crippen molar-refractivity contribution in [3.05, 3.63) is 46.4 Å². The van der Waals surface area contributed by atoms with E-state index in [0.717, 1.165) is 5.52 Å². The Morgan fingerprint density at radius 1 is 1.06 bits per heavy atom. The normalized spacial score (nSPS) is 11.0. The van der Waals surface area contributed by atoms with Crippen LogP contribution in [0.2, 0.25) is 10.0 Å². The predicted octanol–water partition coefficient (Wildman–Crippen LogP) is 4.38. The molecule has 0 aliphatic heterocycles. The van der Waals surface area contributed by atoms with Crippen LogP contribution in [0.5, 0.6) is 0 Å². The van der Waals surface area contributed by atoms with Crippen molar-refractivity contribution in [1.82, 2.24) is 4.98 Å². The maximum atomic E-state index is 6.11. The largest absolute Gasteiger partial charge is 0.436 e. The van der Waals surface area contributed by atoms with E-state index in [9.17, 15) is 0 Å². The third-order valence-corrected chi connectivity index (χ3v) is 3.14. The molecule has 3 rings (SSSR count). The Bertz CT molecular complexity index is 737. The monoisotopic (exact) mass is 278 g/mol. The molecule has 0 spiro atoms. The summed E-state index contributed by atoms with van der Waals surface area (Å²) in [5, 5.41) is 1.12. The Hall–Kier alpha value is -1.71. The average molecular weight is 279 g/mol. The second kappa shape index (κ2) is 4.19. The summed E-state index contributed by atoms with van der Waals surface area (Å²) in [6, 6.07) is 10.4. The van der Waals surface area contributed by atoms with Gasteiger partial charge >= 0.3 is 0 Å². The fourth-order valence-electron chi connectivity index (χ4n) is 1.72. The standard InChI is InChI=1S/C13H8Cl2N2O/c14-7-1-3-10(15)9(5-7)13-17-11-4-2-8(16)6-12(11)18-13/h1-6H,16H2. The van der Waals surface area contributed by atoms with Crippen molar-refractivity contribution < 1.29 is 4.42 Å². The average Bonchev–Trinajstić information content (AvgIpc) is 2.74. The van der Waals surface area contributed by atoms with E-state index < -0.39 is 0 Å². The van der Waals surface area contributed by atoms with Gasteiger partial charge in [0.15, 0.2) is 5.58 Å². The zero-order valence-corrected chi connectivity index (χ0v) is 10.7. The SMILES string of the molecule is Nc1ccc2nc(-c3cc(Cl)ccc3Cl)oc2c1. The number of nitrogens with zero attached hydrogens (tertiary/aromatic N) is 1. The van der Waals surface area contributed by atoms with Crippen LogP contribution in [-0.4, -0.2) is 4.98 Å². The van der Waals surface area contributed by atoms with Gasteiger partial charge < -0.3 is 10.2 Å². The summed E-state index contributed by atoms with van der Waals surface area (Å²) < 4.78 is 5.64. The summed E-state index contributed by atoms with van der Waals surface area (Å²) >= 11 is 12.0. The van der Waals surface area contributed by atoms with Crippen LogP contribution in [0.1, 0.15) is 0 Å². The van der Waals surface area contributed by atoms with Gasteiger partial charge in [-0.2, -0.15) is 0 Å². The van der Waals surface area contributed by atoms with Gasteiger partial charge in [-0.15, -0.1) is 0 Å². The van der Waals surface area contributed by atoms with Gasteiger partial charge in [-0.3, -0.25) is 0 Å². The lowest BCUT2D eigenvalue weighted by atomic mass is 10.2. The summed E-state index contributed by atoms with van der Waals surface area (Å²) in [5.74, 6) is 0.433. The Kier molecular flexibility index (Phi) is 2.65. The highest BCUT2D eigenvalue weighted by Crippen LogP contribution is 2.32. The van der Waals surface area contributed by atoms with E-state index in [-0.39, 0.29) is 0 Å². The number of oxazole rings is 1. The first-order chi connectivity index (χ1) is 8.63. The zero-order valence-electron chi connectivity index (χ0n) is 9.15. The molecule has 1 heterocycles. The first kappa shape index (κ1) is 11.4. The van der Waals surface area contributed by atoms with Crippen molar-refractivity contribution in [2.75, 3.05) is 5.73 Å². The van der Waals surface area contributed by atoms with E-state index in [1.54, 1.807) is 36.4 Å². The maximum absolute atomic E-state index is 6.11. The first-order valence-corrected chi connectivity index (χ1v) is 6.00. The highest BCUT2D eigenvalue weighted by Gasteiger charge is 2.12. The molecule has 18 heavy (non-hydrogen) atoms. The molecule has 0 saturated heterocycles. The van der Waals surface area contributed by atoms with E-state index in [4.69, 9.17) is 33.4 Å². The topological polar surface area (TPSA) is 52.0 Å². The van der Waals surface area contributed by atoms with Gasteiger partial charge in [0.1, 0.15) is 5.52 Å². The molecule has 2 aromatic carbocycles. The van der Waals surface area contributed by atoms with Crippen LogP contribution in [0.25, 0.3) is 22.6 Å². The second-order valence-electron chi connectivity index (χ2n) is 3.87. The number of rotatable bonds is 1. The minimum absolute atomic E-state index is 0.433. The molecule has 0 aliphatic carbocycles. The molecule has 0 fully saturated rings. The van der Waals surface area contributed by atoms with Crippen molar-refractivity contribution in [2.45, 2.75) is 0 Å². The second-order valence-corrected chi connectivity index (χ2v) is 4.71. The highest BCUT2D eigenvalue weighted by atomic mass is 35.5. The number of hydrogen-bond acceptors (Lipinski definition) is 3. The number of nitrogen functional groups attached to an aromatic ring is 1. The van der Waals surface area contributed by atoms with Crippen molar-refractivity contribution in [3.8, 4) is 11.5 Å². The first-order valence-electron chi connectivity index (χ1n) is 5.25. The van der Waals surface area contributed by atoms with Crippen molar-refractivity contribution in [3.63, 3.8) is 0 Å². The predicted molar refractivity (Wildman–Crippen MR) is 73.9 cm³/mol. The molecule has 0 atom stereocenters. The van der Waals surface area contributed by atoms with Gasteiger partial charge in [-0.1, -0.05) is 23.2 Å². The molecule has 3 aromatic rings. The summed E-state index contributed by atoms with van der Waals surface area (Å²) in [6.45, 7) is 0. The lowest BCUT2D eigenvalue weighted by Gasteiger charge is -1.99. The van der Waals surface area contributed by atoms with E-state index in [0.29, 0.717) is 32.8 Å². The van der Waals surface area contributed by atoms with Gasteiger partial charge in [0.2, 0.25) is 5.89 Å². The smallest absolute Gasteiger partial charge is 0.228 e. The fourth-order valence-corrected chi connectivity index (χ4v) is 2.09. The third-order valence-electron chi connectivity index (χ3n) is 2.57. The van der Waals surface area contributed by atoms with Crippen molar-refractivity contribution in [2.24, 2.45) is 0 Å². The molecule has 0 aliphatic rings. The molecular formula is C13H8Cl2N2O.